The molecule has 1 fully saturated rings. The summed E-state index contributed by atoms with van der Waals surface area (Å²) in [6.07, 6.45) is 7.13. The molecule has 0 radical (unpaired) electrons. The lowest BCUT2D eigenvalue weighted by Gasteiger charge is -2.12. The van der Waals surface area contributed by atoms with Gasteiger partial charge in [0.1, 0.15) is 4.88 Å². The summed E-state index contributed by atoms with van der Waals surface area (Å²) in [4.78, 5) is 48.4. The average Bonchev–Trinajstić information content (AvgIpc) is 3.30. The molecular weight excluding hydrogens is 370 g/mol. The Morgan fingerprint density at radius 1 is 1.22 bits per heavy atom. The highest BCUT2D eigenvalue weighted by atomic mass is 32.1. The molecule has 0 saturated heterocycles. The number of aromatic nitrogens is 3. The van der Waals surface area contributed by atoms with Gasteiger partial charge in [-0.15, -0.1) is 11.3 Å². The number of nitrogens with one attached hydrogen (secondary N) is 2. The smallest absolute Gasteiger partial charge is 0.350 e. The van der Waals surface area contributed by atoms with Gasteiger partial charge in [0.15, 0.2) is 17.4 Å². The van der Waals surface area contributed by atoms with Gasteiger partial charge >= 0.3 is 12.0 Å². The normalized spacial score (nSPS) is 14.0. The van der Waals surface area contributed by atoms with Gasteiger partial charge in [-0.25, -0.2) is 24.5 Å². The van der Waals surface area contributed by atoms with Crippen LogP contribution < -0.4 is 10.6 Å². The fourth-order valence-electron chi connectivity index (χ4n) is 2.74. The number of thiazole rings is 1. The molecule has 3 rings (SSSR count). The van der Waals surface area contributed by atoms with Crippen molar-refractivity contribution in [2.75, 3.05) is 6.61 Å². The van der Waals surface area contributed by atoms with Gasteiger partial charge in [0.05, 0.1) is 5.69 Å². The number of esters is 1. The Morgan fingerprint density at radius 3 is 2.63 bits per heavy atom. The molecule has 1 saturated carbocycles. The van der Waals surface area contributed by atoms with E-state index >= 15 is 0 Å². The second kappa shape index (κ2) is 8.67. The molecule has 27 heavy (non-hydrogen) atoms. The molecule has 1 aliphatic carbocycles. The van der Waals surface area contributed by atoms with E-state index in [1.54, 1.807) is 25.4 Å². The van der Waals surface area contributed by atoms with Crippen molar-refractivity contribution < 1.29 is 19.1 Å². The van der Waals surface area contributed by atoms with Gasteiger partial charge in [0.2, 0.25) is 0 Å². The molecule has 3 amide bonds. The van der Waals surface area contributed by atoms with E-state index < -0.39 is 24.5 Å². The van der Waals surface area contributed by atoms with Crippen molar-refractivity contribution in [3.8, 4) is 10.8 Å². The lowest BCUT2D eigenvalue weighted by atomic mass is 10.2. The quantitative estimate of drug-likeness (QED) is 0.748. The van der Waals surface area contributed by atoms with Crippen LogP contribution in [0.25, 0.3) is 10.8 Å². The third kappa shape index (κ3) is 5.07. The third-order valence-electron chi connectivity index (χ3n) is 4.02. The molecule has 0 aliphatic heterocycles. The van der Waals surface area contributed by atoms with Crippen molar-refractivity contribution in [2.45, 2.75) is 38.6 Å². The van der Waals surface area contributed by atoms with Crippen LogP contribution in [0.2, 0.25) is 0 Å². The van der Waals surface area contributed by atoms with Gasteiger partial charge < -0.3 is 10.1 Å². The zero-order valence-electron chi connectivity index (χ0n) is 14.7. The summed E-state index contributed by atoms with van der Waals surface area (Å²) < 4.78 is 4.99. The molecule has 142 valence electrons. The maximum absolute atomic E-state index is 12.2. The fourth-order valence-corrected chi connectivity index (χ4v) is 3.65. The minimum absolute atomic E-state index is 0.0961. The van der Waals surface area contributed by atoms with Crippen molar-refractivity contribution >= 4 is 29.2 Å². The average molecular weight is 389 g/mol. The third-order valence-corrected chi connectivity index (χ3v) is 5.15. The second-order valence-electron chi connectivity index (χ2n) is 6.09. The number of nitrogens with zero attached hydrogens (tertiary/aromatic N) is 3. The van der Waals surface area contributed by atoms with Gasteiger partial charge in [0, 0.05) is 18.4 Å². The summed E-state index contributed by atoms with van der Waals surface area (Å²) in [5, 5.41) is 5.37. The Labute approximate surface area is 159 Å². The SMILES string of the molecule is Cc1nc(-c2ncccn2)sc1C(=O)OCC(=O)NC(=O)NC1CCCC1. The molecule has 10 heteroatoms. The lowest BCUT2D eigenvalue weighted by molar-refractivity contribution is -0.123. The molecule has 2 heterocycles. The zero-order chi connectivity index (χ0) is 19.2. The van der Waals surface area contributed by atoms with Crippen LogP contribution in [0.4, 0.5) is 4.79 Å². The highest BCUT2D eigenvalue weighted by molar-refractivity contribution is 7.16. The van der Waals surface area contributed by atoms with Crippen LogP contribution in [-0.2, 0) is 9.53 Å². The number of ether oxygens (including phenoxy) is 1. The molecule has 2 aromatic rings. The molecule has 0 unspecified atom stereocenters. The summed E-state index contributed by atoms with van der Waals surface area (Å²) in [5.74, 6) is -0.961. The summed E-state index contributed by atoms with van der Waals surface area (Å²) in [5.41, 5.74) is 0.465. The molecule has 2 aromatic heterocycles. The van der Waals surface area contributed by atoms with Crippen molar-refractivity contribution in [1.82, 2.24) is 25.6 Å². The van der Waals surface area contributed by atoms with E-state index in [2.05, 4.69) is 25.6 Å². The highest BCUT2D eigenvalue weighted by Gasteiger charge is 2.21. The number of carbonyl (C=O) groups excluding carboxylic acids is 3. The van der Waals surface area contributed by atoms with E-state index in [1.165, 1.54) is 0 Å². The largest absolute Gasteiger partial charge is 0.451 e. The number of hydrogen-bond donors (Lipinski definition) is 2. The van der Waals surface area contributed by atoms with Crippen LogP contribution in [0.3, 0.4) is 0 Å². The monoisotopic (exact) mass is 389 g/mol. The van der Waals surface area contributed by atoms with Gasteiger partial charge in [-0.3, -0.25) is 10.1 Å². The lowest BCUT2D eigenvalue weighted by Crippen LogP contribution is -2.44. The van der Waals surface area contributed by atoms with Gasteiger partial charge in [-0.2, -0.15) is 0 Å². The van der Waals surface area contributed by atoms with Crippen LogP contribution in [-0.4, -0.2) is 45.5 Å². The van der Waals surface area contributed by atoms with Crippen LogP contribution in [0.15, 0.2) is 18.5 Å². The molecular formula is C17H19N5O4S. The van der Waals surface area contributed by atoms with E-state index in [0.29, 0.717) is 16.5 Å². The van der Waals surface area contributed by atoms with E-state index in [4.69, 9.17) is 4.74 Å². The summed E-state index contributed by atoms with van der Waals surface area (Å²) in [6, 6.07) is 1.21. The maximum Gasteiger partial charge on any atom is 0.350 e. The van der Waals surface area contributed by atoms with E-state index in [9.17, 15) is 14.4 Å². The standard InChI is InChI=1S/C17H19N5O4S/c1-10-13(27-15(20-10)14-18-7-4-8-19-14)16(24)26-9-12(23)22-17(25)21-11-5-2-3-6-11/h4,7-8,11H,2-3,5-6,9H2,1H3,(H2,21,22,23,25). The minimum atomic E-state index is -0.687. The van der Waals surface area contributed by atoms with Crippen LogP contribution >= 0.6 is 11.3 Å². The Kier molecular flexibility index (Phi) is 6.07. The fraction of sp³-hybridized carbons (Fsp3) is 0.412. The first-order valence-electron chi connectivity index (χ1n) is 8.55. The number of rotatable bonds is 5. The number of aryl methyl sites for hydroxylation is 1. The number of imide groups is 1. The molecule has 0 atom stereocenters. The Hall–Kier alpha value is -2.88. The molecule has 1 aliphatic rings. The van der Waals surface area contributed by atoms with E-state index in [-0.39, 0.29) is 10.9 Å². The molecule has 0 spiro atoms. The molecule has 2 N–H and O–H groups in total. The molecule has 0 aromatic carbocycles. The predicted molar refractivity (Wildman–Crippen MR) is 97.1 cm³/mol. The van der Waals surface area contributed by atoms with Gasteiger partial charge in [0.25, 0.3) is 5.91 Å². The minimum Gasteiger partial charge on any atom is -0.451 e. The number of amides is 3. The summed E-state index contributed by atoms with van der Waals surface area (Å²) >= 11 is 1.09. The van der Waals surface area contributed by atoms with Crippen molar-refractivity contribution in [1.29, 1.82) is 0 Å². The molecule has 0 bridgehead atoms. The van der Waals surface area contributed by atoms with Crippen molar-refractivity contribution in [3.63, 3.8) is 0 Å². The first kappa shape index (κ1) is 18.9. The van der Waals surface area contributed by atoms with Crippen molar-refractivity contribution in [2.24, 2.45) is 0 Å². The maximum atomic E-state index is 12.2. The van der Waals surface area contributed by atoms with Crippen molar-refractivity contribution in [3.05, 3.63) is 29.0 Å². The van der Waals surface area contributed by atoms with Crippen LogP contribution in [0.5, 0.6) is 0 Å². The van der Waals surface area contributed by atoms with E-state index in [1.807, 2.05) is 0 Å². The van der Waals surface area contributed by atoms with Gasteiger partial charge in [-0.05, 0) is 25.8 Å². The number of urea groups is 1. The van der Waals surface area contributed by atoms with Gasteiger partial charge in [-0.1, -0.05) is 12.8 Å². The first-order chi connectivity index (χ1) is 13.0. The summed E-state index contributed by atoms with van der Waals surface area (Å²) in [7, 11) is 0. The Morgan fingerprint density at radius 2 is 1.93 bits per heavy atom. The number of carbonyl (C=O) groups is 3. The topological polar surface area (TPSA) is 123 Å². The second-order valence-corrected chi connectivity index (χ2v) is 7.08. The zero-order valence-corrected chi connectivity index (χ0v) is 15.5. The summed E-state index contributed by atoms with van der Waals surface area (Å²) in [6.45, 7) is 1.11. The number of hydrogen-bond acceptors (Lipinski definition) is 8. The predicted octanol–water partition coefficient (Wildman–Crippen LogP) is 1.83. The van der Waals surface area contributed by atoms with Crippen LogP contribution in [0, 0.1) is 6.92 Å². The Bertz CT molecular complexity index is 833. The highest BCUT2D eigenvalue weighted by Crippen LogP contribution is 2.25. The van der Waals surface area contributed by atoms with E-state index in [0.717, 1.165) is 37.0 Å². The Balaban J connectivity index is 1.51. The first-order valence-corrected chi connectivity index (χ1v) is 9.37. The van der Waals surface area contributed by atoms with Crippen LogP contribution in [0.1, 0.15) is 41.0 Å². The molecule has 9 nitrogen and oxygen atoms in total.